The molecule has 2 aliphatic heterocycles. The lowest BCUT2D eigenvalue weighted by Crippen LogP contribution is -2.53. The number of hydrogen-bond acceptors (Lipinski definition) is 11. The number of esters is 2. The normalized spacial score (nSPS) is 16.9. The summed E-state index contributed by atoms with van der Waals surface area (Å²) in [6.07, 6.45) is -6.27. The highest BCUT2D eigenvalue weighted by atomic mass is 79.9. The van der Waals surface area contributed by atoms with Gasteiger partial charge in [0, 0.05) is 74.8 Å². The van der Waals surface area contributed by atoms with Gasteiger partial charge in [0.2, 0.25) is 0 Å². The molecule has 6 rings (SSSR count). The summed E-state index contributed by atoms with van der Waals surface area (Å²) >= 11 is 3.41. The Balaban J connectivity index is 0.000000255. The largest absolute Gasteiger partial charge is 0.459 e. The van der Waals surface area contributed by atoms with E-state index in [-0.39, 0.29) is 67.5 Å². The quantitative estimate of drug-likeness (QED) is 0.104. The predicted molar refractivity (Wildman–Crippen MR) is 240 cm³/mol. The number of aromatic nitrogens is 1. The summed E-state index contributed by atoms with van der Waals surface area (Å²) in [5.41, 5.74) is 1.27. The third-order valence-corrected chi connectivity index (χ3v) is 16.5. The highest BCUT2D eigenvalue weighted by Crippen LogP contribution is 2.41. The van der Waals surface area contributed by atoms with Gasteiger partial charge in [-0.2, -0.15) is 22.0 Å². The molecule has 4 aromatic rings. The lowest BCUT2D eigenvalue weighted by Gasteiger charge is -2.36. The van der Waals surface area contributed by atoms with Gasteiger partial charge in [-0.25, -0.2) is 16.8 Å². The van der Waals surface area contributed by atoms with Crippen LogP contribution >= 0.6 is 15.9 Å². The van der Waals surface area contributed by atoms with Crippen LogP contribution in [0.2, 0.25) is 0 Å². The van der Waals surface area contributed by atoms with Crippen molar-refractivity contribution in [2.24, 2.45) is 0 Å². The molecule has 360 valence electrons. The predicted octanol–water partition coefficient (Wildman–Crippen LogP) is 10.3. The Morgan fingerprint density at radius 3 is 1.33 bits per heavy atom. The lowest BCUT2D eigenvalue weighted by molar-refractivity contribution is -0.284. The van der Waals surface area contributed by atoms with E-state index in [0.29, 0.717) is 11.3 Å². The number of benzene rings is 3. The molecule has 0 aliphatic carbocycles. The zero-order chi connectivity index (χ0) is 49.0. The van der Waals surface area contributed by atoms with Crippen LogP contribution in [0.4, 0.5) is 22.0 Å². The first kappa shape index (κ1) is 52.7. The minimum absolute atomic E-state index is 0.0532. The lowest BCUT2D eigenvalue weighted by atomic mass is 9.99. The van der Waals surface area contributed by atoms with Crippen LogP contribution in [0.1, 0.15) is 79.2 Å². The number of hydrogen-bond donors (Lipinski definition) is 0. The molecule has 0 unspecified atom stereocenters. The van der Waals surface area contributed by atoms with Crippen molar-refractivity contribution in [2.45, 2.75) is 123 Å². The SMILES string of the molecule is CC(C)(C)OC(=O)C1(S(=O)(=O)c2ccc(-c3ccc(Br)cc3)cc2)CCOCC1.CC(C)(C)OC(=O)C1(S(=O)(=O)c2ccc(-c3ccc(CCC(F)(F)C(F)(F)F)cn3)cc2)CCOCC1. The van der Waals surface area contributed by atoms with Crippen molar-refractivity contribution in [3.8, 4) is 22.4 Å². The molecule has 66 heavy (non-hydrogen) atoms. The monoisotopic (exact) mass is 1030 g/mol. The van der Waals surface area contributed by atoms with Gasteiger partial charge in [0.05, 0.1) is 15.5 Å². The maximum absolute atomic E-state index is 13.6. The highest BCUT2D eigenvalue weighted by Gasteiger charge is 2.57. The van der Waals surface area contributed by atoms with E-state index in [0.717, 1.165) is 15.6 Å². The number of halogens is 6. The molecule has 0 N–H and O–H groups in total. The fourth-order valence-corrected chi connectivity index (χ4v) is 11.3. The second kappa shape index (κ2) is 20.1. The third-order valence-electron chi connectivity index (χ3n) is 10.9. The number of carbonyl (C=O) groups is 2. The van der Waals surface area contributed by atoms with Crippen LogP contribution in [0.5, 0.6) is 0 Å². The Kier molecular flexibility index (Phi) is 16.1. The van der Waals surface area contributed by atoms with Crippen LogP contribution in [0.15, 0.2) is 105 Å². The molecule has 2 fully saturated rings. The molecule has 19 heteroatoms. The summed E-state index contributed by atoms with van der Waals surface area (Å²) in [5, 5.41) is 0. The second-order valence-electron chi connectivity index (χ2n) is 18.0. The first-order valence-corrected chi connectivity index (χ1v) is 24.8. The van der Waals surface area contributed by atoms with Gasteiger partial charge in [-0.05, 0) is 107 Å². The molecular weight excluding hydrogens is 978 g/mol. The van der Waals surface area contributed by atoms with Gasteiger partial charge in [-0.1, -0.05) is 58.4 Å². The van der Waals surface area contributed by atoms with Gasteiger partial charge in [0.1, 0.15) is 11.2 Å². The van der Waals surface area contributed by atoms with E-state index in [1.807, 2.05) is 24.3 Å². The maximum atomic E-state index is 13.6. The number of rotatable bonds is 11. The zero-order valence-corrected chi connectivity index (χ0v) is 40.6. The van der Waals surface area contributed by atoms with Crippen molar-refractivity contribution in [2.75, 3.05) is 26.4 Å². The van der Waals surface area contributed by atoms with Gasteiger partial charge in [-0.3, -0.25) is 14.6 Å². The molecule has 0 saturated carbocycles. The molecule has 2 saturated heterocycles. The average molecular weight is 1030 g/mol. The molecule has 0 atom stereocenters. The van der Waals surface area contributed by atoms with E-state index >= 15 is 0 Å². The first-order valence-electron chi connectivity index (χ1n) is 21.0. The number of carbonyl (C=O) groups excluding carboxylic acids is 2. The second-order valence-corrected chi connectivity index (χ2v) is 23.5. The Morgan fingerprint density at radius 1 is 0.606 bits per heavy atom. The standard InChI is InChI=1S/C25H28F5NO5S.C22H25BrO5S/c1-22(2,3)36-21(32)23(12-14-35-15-13-23)37(33,34)19-7-5-18(6-8-19)20-9-4-17(16-31-20)10-11-24(26,27)25(28,29)30;1-21(2,3)28-20(24)22(12-14-27-15-13-22)29(25,26)19-10-6-17(7-11-19)16-4-8-18(23)9-5-16/h4-9,16H,10-15H2,1-3H3;4-11H,12-15H2,1-3H3. The van der Waals surface area contributed by atoms with Gasteiger partial charge in [0.25, 0.3) is 0 Å². The van der Waals surface area contributed by atoms with Crippen LogP contribution in [0.3, 0.4) is 0 Å². The average Bonchev–Trinajstić information content (AvgIpc) is 3.25. The molecular formula is C47H53BrF5NO10S2. The van der Waals surface area contributed by atoms with Crippen molar-refractivity contribution >= 4 is 47.5 Å². The Morgan fingerprint density at radius 2 is 0.985 bits per heavy atom. The van der Waals surface area contributed by atoms with Crippen LogP contribution in [-0.4, -0.2) is 93.0 Å². The Labute approximate surface area is 390 Å². The topological polar surface area (TPSA) is 152 Å². The van der Waals surface area contributed by atoms with Crippen molar-refractivity contribution in [1.82, 2.24) is 4.98 Å². The van der Waals surface area contributed by atoms with Gasteiger partial charge < -0.3 is 18.9 Å². The van der Waals surface area contributed by atoms with E-state index in [1.54, 1.807) is 65.8 Å². The number of alkyl halides is 5. The summed E-state index contributed by atoms with van der Waals surface area (Å²) in [4.78, 5) is 30.2. The minimum atomic E-state index is -5.62. The van der Waals surface area contributed by atoms with E-state index in [1.165, 1.54) is 42.6 Å². The number of nitrogens with zero attached hydrogens (tertiary/aromatic N) is 1. The summed E-state index contributed by atoms with van der Waals surface area (Å²) in [5.74, 6) is -6.33. The Bertz CT molecular complexity index is 2530. The minimum Gasteiger partial charge on any atom is -0.459 e. The summed E-state index contributed by atoms with van der Waals surface area (Å²) in [6.45, 7) is 10.7. The number of sulfone groups is 2. The molecule has 0 bridgehead atoms. The Hall–Kier alpha value is -4.30. The molecule has 3 heterocycles. The van der Waals surface area contributed by atoms with Crippen LogP contribution < -0.4 is 0 Å². The van der Waals surface area contributed by atoms with E-state index in [4.69, 9.17) is 18.9 Å². The zero-order valence-electron chi connectivity index (χ0n) is 37.3. The van der Waals surface area contributed by atoms with Crippen molar-refractivity contribution in [3.05, 3.63) is 101 Å². The van der Waals surface area contributed by atoms with E-state index < -0.39 is 77.2 Å². The molecule has 1 aromatic heterocycles. The fraction of sp³-hybridized carbons (Fsp3) is 0.468. The molecule has 2 aliphatic rings. The van der Waals surface area contributed by atoms with Crippen LogP contribution in [0.25, 0.3) is 22.4 Å². The van der Waals surface area contributed by atoms with Gasteiger partial charge >= 0.3 is 24.0 Å². The van der Waals surface area contributed by atoms with Crippen LogP contribution in [-0.2, 0) is 54.6 Å². The highest BCUT2D eigenvalue weighted by molar-refractivity contribution is 9.10. The van der Waals surface area contributed by atoms with Crippen molar-refractivity contribution in [1.29, 1.82) is 0 Å². The number of aryl methyl sites for hydroxylation is 1. The van der Waals surface area contributed by atoms with Crippen molar-refractivity contribution in [3.63, 3.8) is 0 Å². The smallest absolute Gasteiger partial charge is 0.453 e. The molecule has 11 nitrogen and oxygen atoms in total. The van der Waals surface area contributed by atoms with E-state index in [9.17, 15) is 48.4 Å². The molecule has 0 radical (unpaired) electrons. The summed E-state index contributed by atoms with van der Waals surface area (Å²) in [7, 11) is -8.14. The number of pyridine rings is 1. The summed E-state index contributed by atoms with van der Waals surface area (Å²) in [6, 6.07) is 22.9. The maximum Gasteiger partial charge on any atom is 0.453 e. The molecule has 0 amide bonds. The molecule has 3 aromatic carbocycles. The van der Waals surface area contributed by atoms with E-state index in [2.05, 4.69) is 20.9 Å². The summed E-state index contributed by atoms with van der Waals surface area (Å²) < 4.78 is 137. The fourth-order valence-electron chi connectivity index (χ4n) is 7.22. The van der Waals surface area contributed by atoms with Crippen molar-refractivity contribution < 1.29 is 67.3 Å². The van der Waals surface area contributed by atoms with Crippen LogP contribution in [0, 0.1) is 0 Å². The number of ether oxygens (including phenoxy) is 4. The third kappa shape index (κ3) is 12.0. The first-order chi connectivity index (χ1) is 30.5. The van der Waals surface area contributed by atoms with Gasteiger partial charge in [-0.15, -0.1) is 0 Å². The van der Waals surface area contributed by atoms with Gasteiger partial charge in [0.15, 0.2) is 29.2 Å². The molecule has 0 spiro atoms.